The molecule has 1 amide bonds. The van der Waals surface area contributed by atoms with Crippen LogP contribution in [0.3, 0.4) is 0 Å². The van der Waals surface area contributed by atoms with E-state index in [1.54, 1.807) is 35.2 Å². The van der Waals surface area contributed by atoms with Crippen molar-refractivity contribution in [2.24, 2.45) is 4.40 Å². The molecule has 0 saturated carbocycles. The molecule has 1 fully saturated rings. The maximum absolute atomic E-state index is 12.8. The molecular weight excluding hydrogens is 433 g/mol. The highest BCUT2D eigenvalue weighted by molar-refractivity contribution is 7.90. The number of hydrogen-bond acceptors (Lipinski definition) is 4. The first-order valence-corrected chi connectivity index (χ1v) is 11.5. The number of amidine groups is 1. The summed E-state index contributed by atoms with van der Waals surface area (Å²) >= 11 is 12.0. The Labute approximate surface area is 179 Å². The predicted molar refractivity (Wildman–Crippen MR) is 113 cm³/mol. The van der Waals surface area contributed by atoms with Gasteiger partial charge in [-0.2, -0.15) is 8.42 Å². The van der Waals surface area contributed by atoms with Crippen LogP contribution < -0.4 is 5.32 Å². The van der Waals surface area contributed by atoms with Crippen LogP contribution in [-0.2, 0) is 21.2 Å². The van der Waals surface area contributed by atoms with Crippen LogP contribution in [-0.4, -0.2) is 44.2 Å². The second-order valence-corrected chi connectivity index (χ2v) is 9.50. The van der Waals surface area contributed by atoms with Crippen LogP contribution in [0.25, 0.3) is 0 Å². The largest absolute Gasteiger partial charge is 0.354 e. The van der Waals surface area contributed by atoms with Crippen molar-refractivity contribution in [3.63, 3.8) is 0 Å². The number of rotatable bonds is 4. The first kappa shape index (κ1) is 20.2. The van der Waals surface area contributed by atoms with Crippen LogP contribution in [0.2, 0.25) is 10.0 Å². The Hall–Kier alpha value is -2.09. The van der Waals surface area contributed by atoms with Gasteiger partial charge in [0, 0.05) is 28.7 Å². The van der Waals surface area contributed by atoms with Gasteiger partial charge in [-0.1, -0.05) is 35.3 Å². The fourth-order valence-electron chi connectivity index (χ4n) is 3.79. The van der Waals surface area contributed by atoms with E-state index in [1.165, 1.54) is 0 Å². The molecule has 0 aromatic heterocycles. The molecule has 152 valence electrons. The molecule has 1 N–H and O–H groups in total. The van der Waals surface area contributed by atoms with E-state index in [-0.39, 0.29) is 10.8 Å². The highest BCUT2D eigenvalue weighted by Gasteiger charge is 2.39. The zero-order valence-corrected chi connectivity index (χ0v) is 17.8. The van der Waals surface area contributed by atoms with E-state index in [2.05, 4.69) is 9.71 Å². The highest BCUT2D eigenvalue weighted by atomic mass is 35.5. The van der Waals surface area contributed by atoms with E-state index >= 15 is 0 Å². The average molecular weight is 452 g/mol. The van der Waals surface area contributed by atoms with E-state index in [0.29, 0.717) is 47.4 Å². The molecule has 0 bridgehead atoms. The first-order valence-electron chi connectivity index (χ1n) is 9.29. The van der Waals surface area contributed by atoms with Crippen molar-refractivity contribution in [1.29, 1.82) is 0 Å². The number of nitrogens with zero attached hydrogens (tertiary/aromatic N) is 2. The number of likely N-dealkylation sites (tertiary alicyclic amines) is 1. The van der Waals surface area contributed by atoms with Crippen molar-refractivity contribution in [2.45, 2.75) is 30.2 Å². The molecule has 4 rings (SSSR count). The summed E-state index contributed by atoms with van der Waals surface area (Å²) in [6.45, 7) is 1.02. The lowest BCUT2D eigenvalue weighted by molar-refractivity contribution is -0.124. The molecule has 0 radical (unpaired) electrons. The van der Waals surface area contributed by atoms with Crippen molar-refractivity contribution in [2.75, 3.05) is 13.1 Å². The normalized spacial score (nSPS) is 19.7. The lowest BCUT2D eigenvalue weighted by Gasteiger charge is -2.25. The van der Waals surface area contributed by atoms with Gasteiger partial charge in [-0.25, -0.2) is 0 Å². The number of sulfonamides is 1. The molecule has 0 spiro atoms. The van der Waals surface area contributed by atoms with E-state index < -0.39 is 16.1 Å². The lowest BCUT2D eigenvalue weighted by atomic mass is 10.1. The molecule has 2 aliphatic rings. The molecule has 0 aliphatic carbocycles. The third-order valence-corrected chi connectivity index (χ3v) is 6.84. The zero-order chi connectivity index (χ0) is 20.6. The zero-order valence-electron chi connectivity index (χ0n) is 15.4. The molecular formula is C20H19Cl2N3O3S. The number of nitrogens with one attached hydrogen (secondary N) is 1. The number of hydrogen-bond donors (Lipinski definition) is 1. The van der Waals surface area contributed by atoms with Gasteiger partial charge >= 0.3 is 0 Å². The standard InChI is InChI=1S/C20H19Cl2N3O3S/c21-14-10-13(11-15(22)12-14)7-8-23-20(26)17-5-3-9-25(17)19-16-4-1-2-6-18(16)29(27,28)24-19/h1-2,4,6,10-12,17H,3,5,7-9H2,(H,23,26)/t17-/m0/s1. The fourth-order valence-corrected chi connectivity index (χ4v) is 5.58. The number of carbonyl (C=O) groups is 1. The Morgan fingerprint density at radius 1 is 1.17 bits per heavy atom. The summed E-state index contributed by atoms with van der Waals surface area (Å²) in [7, 11) is -3.71. The van der Waals surface area contributed by atoms with Gasteiger partial charge in [-0.05, 0) is 55.2 Å². The number of fused-ring (bicyclic) bond motifs is 1. The Bertz CT molecular complexity index is 1080. The van der Waals surface area contributed by atoms with Crippen LogP contribution in [0.1, 0.15) is 24.0 Å². The number of amides is 1. The minimum atomic E-state index is -3.71. The Kier molecular flexibility index (Phi) is 5.55. The molecule has 6 nitrogen and oxygen atoms in total. The maximum Gasteiger partial charge on any atom is 0.285 e. The van der Waals surface area contributed by atoms with Crippen molar-refractivity contribution >= 4 is 45.0 Å². The van der Waals surface area contributed by atoms with Gasteiger partial charge in [0.15, 0.2) is 5.84 Å². The Morgan fingerprint density at radius 2 is 1.90 bits per heavy atom. The smallest absolute Gasteiger partial charge is 0.285 e. The van der Waals surface area contributed by atoms with Gasteiger partial charge in [0.05, 0.1) is 0 Å². The molecule has 2 aromatic carbocycles. The minimum absolute atomic E-state index is 0.139. The molecule has 1 saturated heterocycles. The number of carbonyl (C=O) groups excluding carboxylic acids is 1. The second kappa shape index (κ2) is 7.97. The summed E-state index contributed by atoms with van der Waals surface area (Å²) in [5.74, 6) is 0.222. The molecule has 0 unspecified atom stereocenters. The van der Waals surface area contributed by atoms with Crippen LogP contribution in [0.15, 0.2) is 51.8 Å². The van der Waals surface area contributed by atoms with Crippen molar-refractivity contribution in [3.05, 3.63) is 63.6 Å². The summed E-state index contributed by atoms with van der Waals surface area (Å²) in [6, 6.07) is 11.6. The predicted octanol–water partition coefficient (Wildman–Crippen LogP) is 3.27. The van der Waals surface area contributed by atoms with Gasteiger partial charge in [0.2, 0.25) is 5.91 Å². The molecule has 29 heavy (non-hydrogen) atoms. The third-order valence-electron chi connectivity index (χ3n) is 5.08. The summed E-state index contributed by atoms with van der Waals surface area (Å²) in [5.41, 5.74) is 1.49. The summed E-state index contributed by atoms with van der Waals surface area (Å²) in [5, 5.41) is 4.05. The van der Waals surface area contributed by atoms with E-state index in [4.69, 9.17) is 23.2 Å². The Morgan fingerprint density at radius 3 is 2.66 bits per heavy atom. The lowest BCUT2D eigenvalue weighted by Crippen LogP contribution is -2.46. The Balaban J connectivity index is 1.46. The molecule has 9 heteroatoms. The van der Waals surface area contributed by atoms with Crippen molar-refractivity contribution < 1.29 is 13.2 Å². The van der Waals surface area contributed by atoms with Gasteiger partial charge in [-0.15, -0.1) is 4.40 Å². The monoisotopic (exact) mass is 451 g/mol. The number of halogens is 2. The fraction of sp³-hybridized carbons (Fsp3) is 0.300. The second-order valence-electron chi connectivity index (χ2n) is 7.06. The summed E-state index contributed by atoms with van der Waals surface area (Å²) in [6.07, 6.45) is 2.04. The average Bonchev–Trinajstić information content (AvgIpc) is 3.24. The topological polar surface area (TPSA) is 78.8 Å². The van der Waals surface area contributed by atoms with Gasteiger partial charge in [0.1, 0.15) is 10.9 Å². The van der Waals surface area contributed by atoms with Crippen molar-refractivity contribution in [3.8, 4) is 0 Å². The van der Waals surface area contributed by atoms with E-state index in [1.807, 2.05) is 12.1 Å². The van der Waals surface area contributed by atoms with Gasteiger partial charge in [0.25, 0.3) is 10.0 Å². The van der Waals surface area contributed by atoms with Gasteiger partial charge < -0.3 is 10.2 Å². The summed E-state index contributed by atoms with van der Waals surface area (Å²) in [4.78, 5) is 14.8. The highest BCUT2D eigenvalue weighted by Crippen LogP contribution is 2.31. The van der Waals surface area contributed by atoms with E-state index in [9.17, 15) is 13.2 Å². The molecule has 2 aromatic rings. The van der Waals surface area contributed by atoms with Crippen LogP contribution in [0.4, 0.5) is 0 Å². The molecule has 2 heterocycles. The SMILES string of the molecule is O=C(NCCc1cc(Cl)cc(Cl)c1)[C@@H]1CCCN1C1=NS(=O)(=O)c2ccccc21. The van der Waals surface area contributed by atoms with E-state index in [0.717, 1.165) is 12.0 Å². The maximum atomic E-state index is 12.8. The summed E-state index contributed by atoms with van der Waals surface area (Å²) < 4.78 is 28.6. The molecule has 1 atom stereocenters. The molecule has 2 aliphatic heterocycles. The quantitative estimate of drug-likeness (QED) is 0.773. The van der Waals surface area contributed by atoms with Crippen molar-refractivity contribution in [1.82, 2.24) is 10.2 Å². The van der Waals surface area contributed by atoms with Crippen LogP contribution in [0.5, 0.6) is 0 Å². The third kappa shape index (κ3) is 4.13. The van der Waals surface area contributed by atoms with Crippen LogP contribution >= 0.6 is 23.2 Å². The minimum Gasteiger partial charge on any atom is -0.354 e. The van der Waals surface area contributed by atoms with Crippen LogP contribution in [0, 0.1) is 0 Å². The number of benzene rings is 2. The first-order chi connectivity index (χ1) is 13.8. The van der Waals surface area contributed by atoms with Gasteiger partial charge in [-0.3, -0.25) is 4.79 Å².